The topological polar surface area (TPSA) is 43.1 Å². The van der Waals surface area contributed by atoms with E-state index < -0.39 is 4.92 Å². The molecule has 3 aromatic carbocycles. The predicted octanol–water partition coefficient (Wildman–Crippen LogP) is -0.449. The molecular formula is C18H7B5ClNO2. The van der Waals surface area contributed by atoms with Crippen molar-refractivity contribution in [3.63, 3.8) is 0 Å². The van der Waals surface area contributed by atoms with Crippen molar-refractivity contribution < 1.29 is 4.92 Å². The Morgan fingerprint density at radius 3 is 1.74 bits per heavy atom. The van der Waals surface area contributed by atoms with Crippen LogP contribution in [-0.4, -0.2) is 44.2 Å². The lowest BCUT2D eigenvalue weighted by Gasteiger charge is -2.21. The fourth-order valence-corrected chi connectivity index (χ4v) is 3.05. The van der Waals surface area contributed by atoms with Gasteiger partial charge in [0.1, 0.15) is 39.2 Å². The van der Waals surface area contributed by atoms with E-state index in [-0.39, 0.29) is 33.0 Å². The van der Waals surface area contributed by atoms with Crippen molar-refractivity contribution in [1.29, 1.82) is 0 Å². The van der Waals surface area contributed by atoms with Crippen LogP contribution in [0.4, 0.5) is 5.69 Å². The van der Waals surface area contributed by atoms with Crippen molar-refractivity contribution in [2.75, 3.05) is 0 Å². The molecule has 3 aromatic rings. The normalized spacial score (nSPS) is 10.7. The fourth-order valence-electron chi connectivity index (χ4n) is 2.88. The molecule has 3 rings (SSSR count). The predicted molar refractivity (Wildman–Crippen MR) is 116 cm³/mol. The average molecular weight is 359 g/mol. The second-order valence-electron chi connectivity index (χ2n) is 5.94. The van der Waals surface area contributed by atoms with Gasteiger partial charge in [-0.2, -0.15) is 0 Å². The minimum Gasteiger partial charge on any atom is -0.258 e. The molecule has 0 aliphatic rings. The van der Waals surface area contributed by atoms with Crippen LogP contribution in [0, 0.1) is 10.1 Å². The van der Waals surface area contributed by atoms with Crippen LogP contribution in [0.1, 0.15) is 0 Å². The highest BCUT2D eigenvalue weighted by molar-refractivity contribution is 6.68. The number of hydrogen-bond donors (Lipinski definition) is 0. The van der Waals surface area contributed by atoms with Crippen molar-refractivity contribution in [3.8, 4) is 22.3 Å². The molecule has 0 bridgehead atoms. The van der Waals surface area contributed by atoms with Crippen LogP contribution in [0.2, 0.25) is 5.02 Å². The van der Waals surface area contributed by atoms with Gasteiger partial charge in [0.15, 0.2) is 0 Å². The Labute approximate surface area is 168 Å². The molecule has 0 atom stereocenters. The van der Waals surface area contributed by atoms with Gasteiger partial charge in [-0.3, -0.25) is 10.1 Å². The van der Waals surface area contributed by atoms with Crippen LogP contribution < -0.4 is 27.3 Å². The lowest BCUT2D eigenvalue weighted by atomic mass is 9.59. The number of halogens is 1. The maximum atomic E-state index is 11.3. The van der Waals surface area contributed by atoms with Crippen molar-refractivity contribution in [2.45, 2.75) is 0 Å². The van der Waals surface area contributed by atoms with Gasteiger partial charge in [-0.1, -0.05) is 46.8 Å². The third kappa shape index (κ3) is 3.46. The molecule has 0 aliphatic heterocycles. The standard InChI is InChI=1S/C18H7B5ClNO2/c19-14-13(15(20)17(22)18(23)16(14)21)9-3-1-8(2-4-9)11-7-10(24)5-6-12(11)25(26)27/h1-7H. The molecule has 0 aliphatic carbocycles. The molecule has 0 heterocycles. The van der Waals surface area contributed by atoms with Crippen LogP contribution in [-0.2, 0) is 0 Å². The molecule has 0 saturated heterocycles. The Kier molecular flexibility index (Phi) is 5.30. The third-order valence-corrected chi connectivity index (χ3v) is 4.57. The summed E-state index contributed by atoms with van der Waals surface area (Å²) in [5.74, 6) is 0. The highest BCUT2D eigenvalue weighted by Gasteiger charge is 2.17. The van der Waals surface area contributed by atoms with E-state index in [9.17, 15) is 10.1 Å². The quantitative estimate of drug-likeness (QED) is 0.362. The summed E-state index contributed by atoms with van der Waals surface area (Å²) in [7, 11) is 29.8. The van der Waals surface area contributed by atoms with Crippen LogP contribution in [0.25, 0.3) is 22.3 Å². The molecule has 0 fully saturated rings. The molecule has 27 heavy (non-hydrogen) atoms. The van der Waals surface area contributed by atoms with Crippen molar-refractivity contribution in [2.24, 2.45) is 0 Å². The Hall–Kier alpha value is -2.33. The highest BCUT2D eigenvalue weighted by atomic mass is 35.5. The largest absolute Gasteiger partial charge is 0.277 e. The number of hydrogen-bond acceptors (Lipinski definition) is 2. The molecule has 9 heteroatoms. The smallest absolute Gasteiger partial charge is 0.258 e. The van der Waals surface area contributed by atoms with Gasteiger partial charge in [0.25, 0.3) is 5.69 Å². The Morgan fingerprint density at radius 2 is 1.22 bits per heavy atom. The molecule has 3 nitrogen and oxygen atoms in total. The first-order valence-corrected chi connectivity index (χ1v) is 8.16. The zero-order valence-corrected chi connectivity index (χ0v) is 14.8. The molecule has 0 N–H and O–H groups in total. The second-order valence-corrected chi connectivity index (χ2v) is 6.38. The molecule has 0 aromatic heterocycles. The van der Waals surface area contributed by atoms with Gasteiger partial charge in [0, 0.05) is 11.1 Å². The first kappa shape index (κ1) is 19.4. The molecular weight excluding hydrogens is 352 g/mol. The van der Waals surface area contributed by atoms with Gasteiger partial charge in [-0.15, -0.1) is 16.4 Å². The summed E-state index contributed by atoms with van der Waals surface area (Å²) in [5, 5.41) is 11.7. The van der Waals surface area contributed by atoms with Crippen LogP contribution >= 0.6 is 11.6 Å². The van der Waals surface area contributed by atoms with E-state index in [1.807, 2.05) is 0 Å². The third-order valence-electron chi connectivity index (χ3n) is 4.34. The monoisotopic (exact) mass is 359 g/mol. The van der Waals surface area contributed by atoms with Gasteiger partial charge in [0.2, 0.25) is 0 Å². The molecule has 0 saturated carbocycles. The lowest BCUT2D eigenvalue weighted by Crippen LogP contribution is -2.55. The molecule has 10 radical (unpaired) electrons. The summed E-state index contributed by atoms with van der Waals surface area (Å²) in [4.78, 5) is 10.8. The highest BCUT2D eigenvalue weighted by Crippen LogP contribution is 2.33. The Balaban J connectivity index is 2.14. The first-order chi connectivity index (χ1) is 12.7. The SMILES string of the molecule is [B]c1c([B])c([B])c(-c2ccc(-c3cc(Cl)ccc3[N+](=O)[O-])cc2)c([B])c1[B]. The van der Waals surface area contributed by atoms with Gasteiger partial charge in [-0.05, 0) is 28.8 Å². The van der Waals surface area contributed by atoms with E-state index >= 15 is 0 Å². The van der Waals surface area contributed by atoms with Crippen molar-refractivity contribution in [1.82, 2.24) is 0 Å². The molecule has 0 spiro atoms. The zero-order chi connectivity index (χ0) is 19.9. The van der Waals surface area contributed by atoms with Crippen molar-refractivity contribution in [3.05, 3.63) is 57.6 Å². The van der Waals surface area contributed by atoms with Crippen molar-refractivity contribution >= 4 is 83.8 Å². The molecule has 0 unspecified atom stereocenters. The number of nitro groups is 1. The molecule has 0 amide bonds. The minimum absolute atomic E-state index is 0.0489. The van der Waals surface area contributed by atoms with Crippen LogP contribution in [0.15, 0.2) is 42.5 Å². The van der Waals surface area contributed by atoms with E-state index in [2.05, 4.69) is 0 Å². The van der Waals surface area contributed by atoms with Gasteiger partial charge < -0.3 is 0 Å². The number of rotatable bonds is 3. The zero-order valence-electron chi connectivity index (χ0n) is 14.1. The number of benzene rings is 3. The Bertz CT molecular complexity index is 1040. The van der Waals surface area contributed by atoms with Gasteiger partial charge >= 0.3 is 0 Å². The average Bonchev–Trinajstić information content (AvgIpc) is 2.65. The Morgan fingerprint density at radius 1 is 0.741 bits per heavy atom. The van der Waals surface area contributed by atoms with E-state index in [1.54, 1.807) is 24.3 Å². The summed E-state index contributed by atoms with van der Waals surface area (Å²) in [6, 6.07) is 11.2. The van der Waals surface area contributed by atoms with E-state index in [0.717, 1.165) is 0 Å². The summed E-state index contributed by atoms with van der Waals surface area (Å²) in [6.45, 7) is 0. The van der Waals surface area contributed by atoms with Crippen LogP contribution in [0.5, 0.6) is 0 Å². The summed E-state index contributed by atoms with van der Waals surface area (Å²) >= 11 is 5.99. The summed E-state index contributed by atoms with van der Waals surface area (Å²) in [5.41, 5.74) is 2.98. The first-order valence-electron chi connectivity index (χ1n) is 7.78. The summed E-state index contributed by atoms with van der Waals surface area (Å²) < 4.78 is 0. The molecule has 118 valence electrons. The number of nitro benzene ring substituents is 1. The summed E-state index contributed by atoms with van der Waals surface area (Å²) in [6.07, 6.45) is 0. The van der Waals surface area contributed by atoms with Crippen LogP contribution in [0.3, 0.4) is 0 Å². The van der Waals surface area contributed by atoms with Gasteiger partial charge in [0.05, 0.1) is 10.5 Å². The van der Waals surface area contributed by atoms with E-state index in [1.165, 1.54) is 18.2 Å². The second kappa shape index (κ2) is 7.36. The van der Waals surface area contributed by atoms with E-state index in [0.29, 0.717) is 27.3 Å². The fraction of sp³-hybridized carbons (Fsp3) is 0. The maximum Gasteiger partial charge on any atom is 0.277 e. The lowest BCUT2D eigenvalue weighted by molar-refractivity contribution is -0.384. The van der Waals surface area contributed by atoms with E-state index in [4.69, 9.17) is 50.8 Å². The minimum atomic E-state index is -0.461. The number of nitrogens with zero attached hydrogens (tertiary/aromatic N) is 1. The maximum absolute atomic E-state index is 11.3. The van der Waals surface area contributed by atoms with Gasteiger partial charge in [-0.25, -0.2) is 0 Å².